The Morgan fingerprint density at radius 3 is 2.42 bits per heavy atom. The maximum absolute atomic E-state index is 10.9. The minimum Gasteiger partial charge on any atom is -0.306 e. The summed E-state index contributed by atoms with van der Waals surface area (Å²) >= 11 is -1.61. The van der Waals surface area contributed by atoms with Gasteiger partial charge in [0.2, 0.25) is 0 Å². The van der Waals surface area contributed by atoms with Crippen LogP contribution < -0.4 is 0 Å². The van der Waals surface area contributed by atoms with E-state index in [0.29, 0.717) is 5.92 Å². The van der Waals surface area contributed by atoms with Crippen molar-refractivity contribution in [1.82, 2.24) is 0 Å². The van der Waals surface area contributed by atoms with Gasteiger partial charge < -0.3 is 4.55 Å². The van der Waals surface area contributed by atoms with E-state index >= 15 is 0 Å². The molecule has 1 fully saturated rings. The van der Waals surface area contributed by atoms with E-state index < -0.39 is 11.1 Å². The van der Waals surface area contributed by atoms with Gasteiger partial charge in [-0.15, -0.1) is 0 Å². The van der Waals surface area contributed by atoms with E-state index in [2.05, 4.69) is 20.8 Å². The van der Waals surface area contributed by atoms with Gasteiger partial charge in [-0.3, -0.25) is 0 Å². The van der Waals surface area contributed by atoms with Gasteiger partial charge in [0.1, 0.15) is 0 Å². The summed E-state index contributed by atoms with van der Waals surface area (Å²) in [5, 5.41) is 0.0104. The van der Waals surface area contributed by atoms with Crippen LogP contribution in [0.1, 0.15) is 40.0 Å². The highest BCUT2D eigenvalue weighted by Gasteiger charge is 2.36. The van der Waals surface area contributed by atoms with Crippen molar-refractivity contribution in [1.29, 1.82) is 0 Å². The first kappa shape index (κ1) is 10.2. The Bertz CT molecular complexity index is 189. The Morgan fingerprint density at radius 1 is 1.42 bits per heavy atom. The molecule has 72 valence electrons. The molecular weight excluding hydrogens is 172 g/mol. The average Bonchev–Trinajstić information content (AvgIpc) is 1.94. The minimum atomic E-state index is -1.61. The van der Waals surface area contributed by atoms with Crippen LogP contribution in [0.3, 0.4) is 0 Å². The van der Waals surface area contributed by atoms with Crippen molar-refractivity contribution in [3.63, 3.8) is 0 Å². The molecule has 3 heteroatoms. The topological polar surface area (TPSA) is 37.3 Å². The van der Waals surface area contributed by atoms with Crippen LogP contribution in [0.4, 0.5) is 0 Å². The molecule has 1 aliphatic rings. The van der Waals surface area contributed by atoms with Gasteiger partial charge in [0, 0.05) is 0 Å². The zero-order valence-electron chi connectivity index (χ0n) is 8.04. The fourth-order valence-corrected chi connectivity index (χ4v) is 2.80. The molecule has 0 aromatic carbocycles. The van der Waals surface area contributed by atoms with Gasteiger partial charge in [-0.2, -0.15) is 0 Å². The van der Waals surface area contributed by atoms with Crippen molar-refractivity contribution >= 4 is 11.1 Å². The van der Waals surface area contributed by atoms with Crippen LogP contribution in [0.15, 0.2) is 0 Å². The van der Waals surface area contributed by atoms with Crippen molar-refractivity contribution in [3.8, 4) is 0 Å². The summed E-state index contributed by atoms with van der Waals surface area (Å²) in [7, 11) is 0. The second kappa shape index (κ2) is 3.46. The van der Waals surface area contributed by atoms with E-state index in [-0.39, 0.29) is 10.7 Å². The third-order valence-electron chi connectivity index (χ3n) is 3.29. The average molecular weight is 190 g/mol. The third-order valence-corrected chi connectivity index (χ3v) is 4.27. The normalized spacial score (nSPS) is 37.7. The molecule has 1 N–H and O–H groups in total. The van der Waals surface area contributed by atoms with Crippen molar-refractivity contribution in [2.24, 2.45) is 11.3 Å². The van der Waals surface area contributed by atoms with E-state index in [9.17, 15) is 4.21 Å². The van der Waals surface area contributed by atoms with Crippen LogP contribution in [0, 0.1) is 11.3 Å². The summed E-state index contributed by atoms with van der Waals surface area (Å²) in [6.07, 6.45) is 2.88. The standard InChI is InChI=1S/C9H18O2S/c1-7-4-5-8(12(10)11)6-9(7,2)3/h7-8H,4-6H2,1-3H3,(H,10,11)/t7-,8-/m0/s1. The lowest BCUT2D eigenvalue weighted by Crippen LogP contribution is -2.35. The molecular formula is C9H18O2S. The predicted molar refractivity (Wildman–Crippen MR) is 51.4 cm³/mol. The van der Waals surface area contributed by atoms with E-state index in [0.717, 1.165) is 19.3 Å². The fourth-order valence-electron chi connectivity index (χ4n) is 1.89. The molecule has 0 aliphatic heterocycles. The van der Waals surface area contributed by atoms with E-state index in [1.807, 2.05) is 0 Å². The van der Waals surface area contributed by atoms with Crippen LogP contribution in [-0.4, -0.2) is 14.0 Å². The van der Waals surface area contributed by atoms with Crippen LogP contribution in [0.2, 0.25) is 0 Å². The van der Waals surface area contributed by atoms with Crippen molar-refractivity contribution in [3.05, 3.63) is 0 Å². The van der Waals surface area contributed by atoms with Crippen LogP contribution >= 0.6 is 0 Å². The second-order valence-electron chi connectivity index (χ2n) is 4.57. The first-order valence-electron chi connectivity index (χ1n) is 4.53. The minimum absolute atomic E-state index is 0.0104. The maximum Gasteiger partial charge on any atom is 0.155 e. The fraction of sp³-hybridized carbons (Fsp3) is 1.00. The molecule has 0 spiro atoms. The van der Waals surface area contributed by atoms with Gasteiger partial charge in [0.15, 0.2) is 11.1 Å². The van der Waals surface area contributed by atoms with Crippen LogP contribution in [0.5, 0.6) is 0 Å². The highest BCUT2D eigenvalue weighted by atomic mass is 32.2. The molecule has 1 rings (SSSR count). The highest BCUT2D eigenvalue weighted by Crippen LogP contribution is 2.41. The SMILES string of the molecule is C[C@H]1CC[C@H](S(=O)O)CC1(C)C. The van der Waals surface area contributed by atoms with Crippen molar-refractivity contribution in [2.75, 3.05) is 0 Å². The highest BCUT2D eigenvalue weighted by molar-refractivity contribution is 7.79. The Balaban J connectivity index is 2.63. The number of rotatable bonds is 1. The van der Waals surface area contributed by atoms with E-state index in [4.69, 9.17) is 4.55 Å². The lowest BCUT2D eigenvalue weighted by molar-refractivity contribution is 0.155. The molecule has 2 nitrogen and oxygen atoms in total. The molecule has 12 heavy (non-hydrogen) atoms. The summed E-state index contributed by atoms with van der Waals surface area (Å²) < 4.78 is 19.8. The Hall–Kier alpha value is 0.110. The van der Waals surface area contributed by atoms with Crippen molar-refractivity contribution < 1.29 is 8.76 Å². The quantitative estimate of drug-likeness (QED) is 0.645. The summed E-state index contributed by atoms with van der Waals surface area (Å²) in [6.45, 7) is 6.61. The first-order chi connectivity index (χ1) is 5.43. The zero-order chi connectivity index (χ0) is 9.35. The lowest BCUT2D eigenvalue weighted by atomic mass is 9.70. The molecule has 0 aromatic heterocycles. The summed E-state index contributed by atoms with van der Waals surface area (Å²) in [5.41, 5.74) is 0.237. The predicted octanol–water partition coefficient (Wildman–Crippen LogP) is 2.42. The Labute approximate surface area is 77.0 Å². The van der Waals surface area contributed by atoms with E-state index in [1.54, 1.807) is 0 Å². The molecule has 0 aromatic rings. The molecule has 0 saturated heterocycles. The molecule has 0 bridgehead atoms. The van der Waals surface area contributed by atoms with Gasteiger partial charge in [0.25, 0.3) is 0 Å². The largest absolute Gasteiger partial charge is 0.306 e. The summed E-state index contributed by atoms with van der Waals surface area (Å²) in [6, 6.07) is 0. The lowest BCUT2D eigenvalue weighted by Gasteiger charge is -2.39. The van der Waals surface area contributed by atoms with Gasteiger partial charge in [-0.05, 0) is 30.6 Å². The van der Waals surface area contributed by atoms with Gasteiger partial charge in [-0.1, -0.05) is 20.8 Å². The molecule has 0 amide bonds. The second-order valence-corrected chi connectivity index (χ2v) is 5.79. The van der Waals surface area contributed by atoms with Crippen molar-refractivity contribution in [2.45, 2.75) is 45.3 Å². The van der Waals surface area contributed by atoms with Gasteiger partial charge in [-0.25, -0.2) is 4.21 Å². The first-order valence-corrected chi connectivity index (χ1v) is 5.70. The molecule has 0 radical (unpaired) electrons. The molecule has 3 atom stereocenters. The molecule has 1 saturated carbocycles. The smallest absolute Gasteiger partial charge is 0.155 e. The van der Waals surface area contributed by atoms with E-state index in [1.165, 1.54) is 0 Å². The van der Waals surface area contributed by atoms with Gasteiger partial charge >= 0.3 is 0 Å². The summed E-state index contributed by atoms with van der Waals surface area (Å²) in [4.78, 5) is 0. The monoisotopic (exact) mass is 190 g/mol. The number of hydrogen-bond donors (Lipinski definition) is 1. The Kier molecular flexibility index (Phi) is 2.94. The Morgan fingerprint density at radius 2 is 2.00 bits per heavy atom. The zero-order valence-corrected chi connectivity index (χ0v) is 8.86. The third kappa shape index (κ3) is 2.07. The van der Waals surface area contributed by atoms with Crippen LogP contribution in [-0.2, 0) is 11.1 Å². The van der Waals surface area contributed by atoms with Crippen LogP contribution in [0.25, 0.3) is 0 Å². The maximum atomic E-state index is 10.9. The summed E-state index contributed by atoms with van der Waals surface area (Å²) in [5.74, 6) is 0.678. The molecule has 0 heterocycles. The number of hydrogen-bond acceptors (Lipinski definition) is 1. The molecule has 1 unspecified atom stereocenters. The van der Waals surface area contributed by atoms with Gasteiger partial charge in [0.05, 0.1) is 5.25 Å². The molecule has 1 aliphatic carbocycles.